The number of amides is 1. The van der Waals surface area contributed by atoms with Gasteiger partial charge < -0.3 is 5.32 Å². The van der Waals surface area contributed by atoms with Gasteiger partial charge in [-0.25, -0.2) is 0 Å². The number of aryl methyl sites for hydroxylation is 2. The van der Waals surface area contributed by atoms with E-state index in [1.807, 2.05) is 17.8 Å². The van der Waals surface area contributed by atoms with Gasteiger partial charge in [-0.1, -0.05) is 0 Å². The van der Waals surface area contributed by atoms with Crippen LogP contribution in [0, 0.1) is 10.1 Å². The van der Waals surface area contributed by atoms with E-state index in [1.165, 1.54) is 24.1 Å². The van der Waals surface area contributed by atoms with Crippen LogP contribution in [0.2, 0.25) is 0 Å². The molecule has 3 aromatic heterocycles. The Labute approximate surface area is 142 Å². The van der Waals surface area contributed by atoms with Crippen molar-refractivity contribution in [2.45, 2.75) is 20.0 Å². The lowest BCUT2D eigenvalue weighted by atomic mass is 10.3. The van der Waals surface area contributed by atoms with Crippen molar-refractivity contribution in [1.82, 2.24) is 29.3 Å². The summed E-state index contributed by atoms with van der Waals surface area (Å²) in [6.07, 6.45) is 7.95. The number of anilines is 1. The normalized spacial score (nSPS) is 10.8. The Morgan fingerprint density at radius 3 is 2.68 bits per heavy atom. The fourth-order valence-corrected chi connectivity index (χ4v) is 2.32. The standard InChI is InChI=1S/C14H16N8O3/c1-3-20-6-10(4-15-20)7-21-8-11(5-16-21)17-14(23)13-12(22(24)25)9-19(2)18-13/h4-6,8-9H,3,7H2,1-2H3,(H,17,23). The Hall–Kier alpha value is -3.50. The fourth-order valence-electron chi connectivity index (χ4n) is 2.32. The van der Waals surface area contributed by atoms with Crippen molar-refractivity contribution in [3.05, 3.63) is 52.4 Å². The van der Waals surface area contributed by atoms with Gasteiger partial charge in [-0.2, -0.15) is 15.3 Å². The quantitative estimate of drug-likeness (QED) is 0.526. The van der Waals surface area contributed by atoms with Gasteiger partial charge >= 0.3 is 5.69 Å². The van der Waals surface area contributed by atoms with Gasteiger partial charge in [0.15, 0.2) is 0 Å². The first-order valence-electron chi connectivity index (χ1n) is 7.49. The molecule has 1 amide bonds. The Balaban J connectivity index is 1.70. The summed E-state index contributed by atoms with van der Waals surface area (Å²) in [6, 6.07) is 0. The molecule has 0 saturated heterocycles. The topological polar surface area (TPSA) is 126 Å². The van der Waals surface area contributed by atoms with Gasteiger partial charge in [-0.05, 0) is 6.92 Å². The van der Waals surface area contributed by atoms with Crippen molar-refractivity contribution in [3.8, 4) is 0 Å². The molecule has 11 nitrogen and oxygen atoms in total. The number of nitro groups is 1. The molecule has 0 aliphatic carbocycles. The molecule has 0 aliphatic heterocycles. The van der Waals surface area contributed by atoms with Crippen molar-refractivity contribution in [2.75, 3.05) is 5.32 Å². The van der Waals surface area contributed by atoms with Gasteiger partial charge in [-0.15, -0.1) is 0 Å². The van der Waals surface area contributed by atoms with E-state index in [1.54, 1.807) is 17.1 Å². The van der Waals surface area contributed by atoms with Crippen molar-refractivity contribution in [3.63, 3.8) is 0 Å². The SMILES string of the molecule is CCn1cc(Cn2cc(NC(=O)c3nn(C)cc3[N+](=O)[O-])cn2)cn1. The van der Waals surface area contributed by atoms with Crippen LogP contribution >= 0.6 is 0 Å². The molecule has 0 unspecified atom stereocenters. The number of carbonyl (C=O) groups is 1. The van der Waals surface area contributed by atoms with E-state index in [0.717, 1.165) is 12.1 Å². The summed E-state index contributed by atoms with van der Waals surface area (Å²) in [5.74, 6) is -0.661. The van der Waals surface area contributed by atoms with Crippen LogP contribution in [0.25, 0.3) is 0 Å². The van der Waals surface area contributed by atoms with Crippen molar-refractivity contribution in [1.29, 1.82) is 0 Å². The van der Waals surface area contributed by atoms with E-state index in [9.17, 15) is 14.9 Å². The van der Waals surface area contributed by atoms with E-state index in [0.29, 0.717) is 12.2 Å². The molecule has 0 aliphatic rings. The minimum atomic E-state index is -0.661. The number of aromatic nitrogens is 6. The van der Waals surface area contributed by atoms with Gasteiger partial charge in [0.2, 0.25) is 5.69 Å². The smallest absolute Gasteiger partial charge is 0.318 e. The summed E-state index contributed by atoms with van der Waals surface area (Å²) in [5.41, 5.74) is 0.805. The van der Waals surface area contributed by atoms with E-state index in [2.05, 4.69) is 20.6 Å². The first-order chi connectivity index (χ1) is 12.0. The molecule has 0 bridgehead atoms. The third kappa shape index (κ3) is 3.54. The second kappa shape index (κ2) is 6.55. The van der Waals surface area contributed by atoms with Crippen LogP contribution in [0.15, 0.2) is 31.0 Å². The summed E-state index contributed by atoms with van der Waals surface area (Å²) in [4.78, 5) is 22.6. The van der Waals surface area contributed by atoms with Gasteiger partial charge in [0, 0.05) is 31.5 Å². The zero-order chi connectivity index (χ0) is 18.0. The first kappa shape index (κ1) is 16.4. The largest absolute Gasteiger partial charge is 0.320 e. The highest BCUT2D eigenvalue weighted by Gasteiger charge is 2.25. The highest BCUT2D eigenvalue weighted by atomic mass is 16.6. The van der Waals surface area contributed by atoms with Crippen LogP contribution in [-0.4, -0.2) is 40.2 Å². The van der Waals surface area contributed by atoms with Gasteiger partial charge in [0.25, 0.3) is 5.91 Å². The fraction of sp³-hybridized carbons (Fsp3) is 0.286. The summed E-state index contributed by atoms with van der Waals surface area (Å²) >= 11 is 0. The van der Waals surface area contributed by atoms with Crippen LogP contribution in [0.4, 0.5) is 11.4 Å². The summed E-state index contributed by atoms with van der Waals surface area (Å²) in [7, 11) is 1.51. The van der Waals surface area contributed by atoms with Gasteiger partial charge in [0.05, 0.1) is 29.5 Å². The van der Waals surface area contributed by atoms with Crippen molar-refractivity contribution >= 4 is 17.3 Å². The third-order valence-corrected chi connectivity index (χ3v) is 3.47. The predicted octanol–water partition coefficient (Wildman–Crippen LogP) is 1.04. The zero-order valence-electron chi connectivity index (χ0n) is 13.7. The molecular formula is C14H16N8O3. The average Bonchev–Trinajstić information content (AvgIpc) is 3.28. The minimum absolute atomic E-state index is 0.246. The molecule has 11 heteroatoms. The molecule has 3 rings (SSSR count). The Morgan fingerprint density at radius 1 is 1.24 bits per heavy atom. The molecule has 0 aromatic carbocycles. The lowest BCUT2D eigenvalue weighted by Crippen LogP contribution is -2.14. The highest BCUT2D eigenvalue weighted by Crippen LogP contribution is 2.18. The second-order valence-electron chi connectivity index (χ2n) is 5.38. The zero-order valence-corrected chi connectivity index (χ0v) is 13.7. The second-order valence-corrected chi connectivity index (χ2v) is 5.38. The van der Waals surface area contributed by atoms with Crippen LogP contribution < -0.4 is 5.32 Å². The van der Waals surface area contributed by atoms with Gasteiger partial charge in [0.1, 0.15) is 6.20 Å². The molecule has 0 fully saturated rings. The Morgan fingerprint density at radius 2 is 2.00 bits per heavy atom. The first-order valence-corrected chi connectivity index (χ1v) is 7.49. The summed E-state index contributed by atoms with van der Waals surface area (Å²) < 4.78 is 4.67. The number of nitrogens with zero attached hydrogens (tertiary/aromatic N) is 7. The lowest BCUT2D eigenvalue weighted by Gasteiger charge is -1.99. The monoisotopic (exact) mass is 344 g/mol. The molecule has 130 valence electrons. The van der Waals surface area contributed by atoms with Crippen molar-refractivity contribution < 1.29 is 9.72 Å². The van der Waals surface area contributed by atoms with E-state index in [-0.39, 0.29) is 11.4 Å². The summed E-state index contributed by atoms with van der Waals surface area (Å²) in [6.45, 7) is 3.28. The average molecular weight is 344 g/mol. The van der Waals surface area contributed by atoms with Crippen LogP contribution in [-0.2, 0) is 20.1 Å². The van der Waals surface area contributed by atoms with Crippen LogP contribution in [0.5, 0.6) is 0 Å². The maximum absolute atomic E-state index is 12.2. The highest BCUT2D eigenvalue weighted by molar-refractivity contribution is 6.05. The molecule has 25 heavy (non-hydrogen) atoms. The molecule has 1 N–H and O–H groups in total. The predicted molar refractivity (Wildman–Crippen MR) is 87.0 cm³/mol. The number of nitrogens with one attached hydrogen (secondary N) is 1. The number of hydrogen-bond acceptors (Lipinski definition) is 6. The molecule has 0 radical (unpaired) electrons. The number of carbonyl (C=O) groups excluding carboxylic acids is 1. The lowest BCUT2D eigenvalue weighted by molar-refractivity contribution is -0.385. The molecule has 3 aromatic rings. The molecule has 0 saturated carbocycles. The maximum Gasteiger partial charge on any atom is 0.320 e. The maximum atomic E-state index is 12.2. The molecular weight excluding hydrogens is 328 g/mol. The Bertz CT molecular complexity index is 922. The van der Waals surface area contributed by atoms with Crippen LogP contribution in [0.1, 0.15) is 23.0 Å². The molecule has 0 atom stereocenters. The molecule has 0 spiro atoms. The molecule has 3 heterocycles. The van der Waals surface area contributed by atoms with E-state index in [4.69, 9.17) is 0 Å². The van der Waals surface area contributed by atoms with Gasteiger partial charge in [-0.3, -0.25) is 29.0 Å². The minimum Gasteiger partial charge on any atom is -0.318 e. The number of rotatable bonds is 6. The van der Waals surface area contributed by atoms with Crippen molar-refractivity contribution in [2.24, 2.45) is 7.05 Å². The Kier molecular flexibility index (Phi) is 4.29. The third-order valence-electron chi connectivity index (χ3n) is 3.47. The van der Waals surface area contributed by atoms with E-state index < -0.39 is 10.8 Å². The number of hydrogen-bond donors (Lipinski definition) is 1. The van der Waals surface area contributed by atoms with Crippen LogP contribution in [0.3, 0.4) is 0 Å². The van der Waals surface area contributed by atoms with E-state index >= 15 is 0 Å². The summed E-state index contributed by atoms with van der Waals surface area (Å²) in [5, 5.41) is 25.7.